The summed E-state index contributed by atoms with van der Waals surface area (Å²) in [5, 5.41) is 28.2. The van der Waals surface area contributed by atoms with Crippen LogP contribution in [-0.4, -0.2) is 33.0 Å². The monoisotopic (exact) mass is 311 g/mol. The first-order valence-electron chi connectivity index (χ1n) is 6.25. The maximum absolute atomic E-state index is 10.9. The molecule has 0 unspecified atom stereocenters. The van der Waals surface area contributed by atoms with Crippen molar-refractivity contribution in [3.63, 3.8) is 0 Å². The highest BCUT2D eigenvalue weighted by Gasteiger charge is 2.58. The molecule has 0 saturated heterocycles. The lowest BCUT2D eigenvalue weighted by molar-refractivity contribution is -0.384. The van der Waals surface area contributed by atoms with Gasteiger partial charge < -0.3 is 19.7 Å². The van der Waals surface area contributed by atoms with Gasteiger partial charge in [-0.3, -0.25) is 10.1 Å². The van der Waals surface area contributed by atoms with E-state index in [1.807, 2.05) is 0 Å². The van der Waals surface area contributed by atoms with Crippen LogP contribution >= 0.6 is 0 Å². The minimum Gasteiger partial charge on any atom is -0.450 e. The molecule has 1 aliphatic carbocycles. The molecule has 9 nitrogen and oxygen atoms in total. The number of nitro benzene ring substituents is 1. The summed E-state index contributed by atoms with van der Waals surface area (Å²) in [4.78, 5) is 31.6. The van der Waals surface area contributed by atoms with Crippen LogP contribution in [0.25, 0.3) is 0 Å². The zero-order valence-corrected chi connectivity index (χ0v) is 11.5. The fourth-order valence-corrected chi connectivity index (χ4v) is 2.83. The Hall–Kier alpha value is -2.84. The van der Waals surface area contributed by atoms with Crippen molar-refractivity contribution < 1.29 is 34.2 Å². The van der Waals surface area contributed by atoms with E-state index >= 15 is 0 Å². The van der Waals surface area contributed by atoms with E-state index in [0.717, 1.165) is 0 Å². The van der Waals surface area contributed by atoms with Gasteiger partial charge in [0, 0.05) is 25.0 Å². The number of nitro groups is 1. The van der Waals surface area contributed by atoms with Crippen LogP contribution in [0.4, 0.5) is 15.3 Å². The third-order valence-corrected chi connectivity index (χ3v) is 3.54. The van der Waals surface area contributed by atoms with Gasteiger partial charge in [-0.05, 0) is 24.6 Å². The molecule has 0 aliphatic heterocycles. The van der Waals surface area contributed by atoms with E-state index in [2.05, 4.69) is 0 Å². The van der Waals surface area contributed by atoms with Gasteiger partial charge in [0.15, 0.2) is 0 Å². The number of carbonyl (C=O) groups is 2. The molecule has 2 N–H and O–H groups in total. The first-order chi connectivity index (χ1) is 10.2. The maximum Gasteiger partial charge on any atom is 0.506 e. The summed E-state index contributed by atoms with van der Waals surface area (Å²) in [6.07, 6.45) is -2.99. The van der Waals surface area contributed by atoms with E-state index in [0.29, 0.717) is 5.56 Å². The van der Waals surface area contributed by atoms with Crippen LogP contribution in [0.3, 0.4) is 0 Å². The van der Waals surface area contributed by atoms with Gasteiger partial charge in [-0.15, -0.1) is 0 Å². The van der Waals surface area contributed by atoms with E-state index in [-0.39, 0.29) is 18.5 Å². The molecule has 0 bridgehead atoms. The van der Waals surface area contributed by atoms with E-state index in [1.165, 1.54) is 31.2 Å². The predicted octanol–water partition coefficient (Wildman–Crippen LogP) is 2.73. The van der Waals surface area contributed by atoms with Crippen molar-refractivity contribution in [2.45, 2.75) is 31.0 Å². The molecule has 0 amide bonds. The zero-order chi connectivity index (χ0) is 16.5. The molecule has 1 aliphatic rings. The normalized spacial score (nSPS) is 26.6. The Morgan fingerprint density at radius 1 is 1.14 bits per heavy atom. The molecule has 0 spiro atoms. The van der Waals surface area contributed by atoms with Crippen molar-refractivity contribution in [3.05, 3.63) is 39.9 Å². The number of hydrogen-bond acceptors (Lipinski definition) is 6. The summed E-state index contributed by atoms with van der Waals surface area (Å²) in [6.45, 7) is 1.52. The third-order valence-electron chi connectivity index (χ3n) is 3.54. The average molecular weight is 311 g/mol. The topological polar surface area (TPSA) is 136 Å². The Bertz CT molecular complexity index is 617. The second-order valence-corrected chi connectivity index (χ2v) is 5.34. The lowest BCUT2D eigenvalue weighted by Crippen LogP contribution is -2.57. The predicted molar refractivity (Wildman–Crippen MR) is 70.6 cm³/mol. The minimum absolute atomic E-state index is 0.00356. The standard InChI is InChI=1S/C13H13NO8/c1-12(21-10(15)16)6-13(7-12,22-11(17)18)8-2-4-9(5-3-8)14(19)20/h2-5H,6-7H2,1H3,(H,15,16)(H,17,18). The van der Waals surface area contributed by atoms with Crippen LogP contribution in [0.5, 0.6) is 0 Å². The first kappa shape index (κ1) is 15.5. The molecule has 0 atom stereocenters. The SMILES string of the molecule is CC1(OC(=O)O)CC(OC(=O)O)(c2ccc([N+](=O)[O-])cc2)C1. The van der Waals surface area contributed by atoms with Crippen molar-refractivity contribution >= 4 is 18.0 Å². The summed E-state index contributed by atoms with van der Waals surface area (Å²) >= 11 is 0. The average Bonchev–Trinajstić information content (AvgIpc) is 2.35. The highest BCUT2D eigenvalue weighted by Crippen LogP contribution is 2.53. The Morgan fingerprint density at radius 3 is 2.05 bits per heavy atom. The molecule has 118 valence electrons. The lowest BCUT2D eigenvalue weighted by Gasteiger charge is -2.51. The Morgan fingerprint density at radius 2 is 1.64 bits per heavy atom. The van der Waals surface area contributed by atoms with Gasteiger partial charge >= 0.3 is 12.3 Å². The molecular formula is C13H13NO8. The Balaban J connectivity index is 2.27. The summed E-state index contributed by atoms with van der Waals surface area (Å²) in [6, 6.07) is 5.24. The van der Waals surface area contributed by atoms with E-state index in [1.54, 1.807) is 0 Å². The van der Waals surface area contributed by atoms with Crippen LogP contribution in [-0.2, 0) is 15.1 Å². The molecule has 0 radical (unpaired) electrons. The van der Waals surface area contributed by atoms with Gasteiger partial charge in [0.1, 0.15) is 11.2 Å². The smallest absolute Gasteiger partial charge is 0.450 e. The van der Waals surface area contributed by atoms with Crippen LogP contribution in [0, 0.1) is 10.1 Å². The molecule has 2 rings (SSSR count). The summed E-state index contributed by atoms with van der Waals surface area (Å²) < 4.78 is 9.64. The molecular weight excluding hydrogens is 298 g/mol. The van der Waals surface area contributed by atoms with Gasteiger partial charge in [0.05, 0.1) is 4.92 Å². The maximum atomic E-state index is 10.9. The second kappa shape index (κ2) is 5.17. The molecule has 22 heavy (non-hydrogen) atoms. The summed E-state index contributed by atoms with van der Waals surface area (Å²) in [5.74, 6) is 0. The molecule has 1 aromatic rings. The first-order valence-corrected chi connectivity index (χ1v) is 6.25. The van der Waals surface area contributed by atoms with Gasteiger partial charge in [-0.2, -0.15) is 0 Å². The van der Waals surface area contributed by atoms with Crippen molar-refractivity contribution in [3.8, 4) is 0 Å². The van der Waals surface area contributed by atoms with Gasteiger partial charge in [-0.25, -0.2) is 9.59 Å². The summed E-state index contributed by atoms with van der Waals surface area (Å²) in [5.41, 5.74) is -2.07. The number of benzene rings is 1. The van der Waals surface area contributed by atoms with Crippen molar-refractivity contribution in [1.29, 1.82) is 0 Å². The fourth-order valence-electron chi connectivity index (χ4n) is 2.83. The number of rotatable bonds is 4. The molecule has 9 heteroatoms. The largest absolute Gasteiger partial charge is 0.506 e. The third kappa shape index (κ3) is 2.92. The quantitative estimate of drug-likeness (QED) is 0.492. The number of non-ortho nitro benzene ring substituents is 1. The summed E-state index contributed by atoms with van der Waals surface area (Å²) in [7, 11) is 0. The fraction of sp³-hybridized carbons (Fsp3) is 0.385. The Kier molecular flexibility index (Phi) is 3.65. The van der Waals surface area contributed by atoms with Crippen molar-refractivity contribution in [1.82, 2.24) is 0 Å². The van der Waals surface area contributed by atoms with Crippen molar-refractivity contribution in [2.75, 3.05) is 0 Å². The highest BCUT2D eigenvalue weighted by atomic mass is 16.7. The van der Waals surface area contributed by atoms with Crippen LogP contribution < -0.4 is 0 Å². The number of carboxylic acid groups (broad SMARTS) is 2. The molecule has 0 aromatic heterocycles. The van der Waals surface area contributed by atoms with Gasteiger partial charge in [-0.1, -0.05) is 0 Å². The number of ether oxygens (including phenoxy) is 2. The second-order valence-electron chi connectivity index (χ2n) is 5.34. The van der Waals surface area contributed by atoms with Crippen LogP contribution in [0.1, 0.15) is 25.3 Å². The molecule has 1 fully saturated rings. The van der Waals surface area contributed by atoms with E-state index < -0.39 is 28.4 Å². The van der Waals surface area contributed by atoms with E-state index in [9.17, 15) is 19.7 Å². The highest BCUT2D eigenvalue weighted by molar-refractivity contribution is 5.60. The number of hydrogen-bond donors (Lipinski definition) is 2. The number of nitrogens with zero attached hydrogens (tertiary/aromatic N) is 1. The van der Waals surface area contributed by atoms with Crippen molar-refractivity contribution in [2.24, 2.45) is 0 Å². The van der Waals surface area contributed by atoms with E-state index in [4.69, 9.17) is 19.7 Å². The van der Waals surface area contributed by atoms with Crippen LogP contribution in [0.2, 0.25) is 0 Å². The zero-order valence-electron chi connectivity index (χ0n) is 11.5. The lowest BCUT2D eigenvalue weighted by atomic mass is 9.64. The molecule has 1 saturated carbocycles. The molecule has 0 heterocycles. The van der Waals surface area contributed by atoms with Gasteiger partial charge in [0.25, 0.3) is 5.69 Å². The minimum atomic E-state index is -1.52. The Labute approximate surface area is 124 Å². The van der Waals surface area contributed by atoms with Crippen LogP contribution in [0.15, 0.2) is 24.3 Å². The van der Waals surface area contributed by atoms with Gasteiger partial charge in [0.2, 0.25) is 0 Å². The molecule has 1 aromatic carbocycles.